The lowest BCUT2D eigenvalue weighted by molar-refractivity contribution is -0.339. The Morgan fingerprint density at radius 3 is 2.42 bits per heavy atom. The van der Waals surface area contributed by atoms with Crippen molar-refractivity contribution in [3.8, 4) is 23.0 Å². The molecule has 270 valence electrons. The molecule has 3 aliphatic heterocycles. The third-order valence-corrected chi connectivity index (χ3v) is 9.29. The van der Waals surface area contributed by atoms with Crippen LogP contribution in [0.25, 0.3) is 6.08 Å². The number of hydrogen-bond donors (Lipinski definition) is 7. The SMILES string of the molecule is C=C[C@H]1[C@H](O[C@H]2O[C@H](CO)[C@@H](O)[C@H](O)[C@H]2O)OC=C(C(=O)OC)[C@H]1C[C@@H]1c2cc(O)c(O)cc2CCN1C(=O)C=Cc1ccc(O)c(OC)c1. The quantitative estimate of drug-likeness (QED) is 0.0795. The van der Waals surface area contributed by atoms with E-state index in [0.29, 0.717) is 23.1 Å². The molecule has 1 saturated heterocycles. The number of aromatic hydroxyl groups is 3. The standard InChI is InChI=1S/C35H41NO14/c1-4-19-21(22(33(45)47-3)16-48-34(19)50-35-32(44)31(43)30(42)28(15-37)49-35)13-23-20-14-26(40)25(39)12-18(20)9-10-36(23)29(41)8-6-17-5-7-24(38)27(11-17)46-2/h4-8,11-12,14,16,19,21,23,28,30-32,34-35,37-40,42-44H,1,9-10,13,15H2,2-3H3/t19-,21+,23-,28-,30-,31+,32-,34+,35-/m1/s1. The summed E-state index contributed by atoms with van der Waals surface area (Å²) in [6, 6.07) is 6.60. The number of aliphatic hydroxyl groups excluding tert-OH is 4. The third kappa shape index (κ3) is 7.28. The number of ether oxygens (including phenoxy) is 5. The molecule has 3 heterocycles. The third-order valence-electron chi connectivity index (χ3n) is 9.29. The molecular weight excluding hydrogens is 658 g/mol. The molecular formula is C35H41NO14. The first kappa shape index (κ1) is 36.6. The molecule has 7 N–H and O–H groups in total. The molecule has 0 aromatic heterocycles. The number of hydrogen-bond acceptors (Lipinski definition) is 14. The minimum Gasteiger partial charge on any atom is -0.504 e. The van der Waals surface area contributed by atoms with Gasteiger partial charge < -0.3 is 64.3 Å². The Labute approximate surface area is 287 Å². The second-order valence-electron chi connectivity index (χ2n) is 12.2. The van der Waals surface area contributed by atoms with Crippen molar-refractivity contribution in [3.63, 3.8) is 0 Å². The number of fused-ring (bicyclic) bond motifs is 1. The summed E-state index contributed by atoms with van der Waals surface area (Å²) in [7, 11) is 2.59. The number of amides is 1. The van der Waals surface area contributed by atoms with Crippen molar-refractivity contribution in [1.29, 1.82) is 0 Å². The Hall–Kier alpha value is -4.64. The van der Waals surface area contributed by atoms with Gasteiger partial charge in [0, 0.05) is 24.5 Å². The molecule has 5 rings (SSSR count). The first-order chi connectivity index (χ1) is 23.9. The molecule has 0 bridgehead atoms. The van der Waals surface area contributed by atoms with Crippen molar-refractivity contribution in [2.45, 2.75) is 55.9 Å². The number of aliphatic hydroxyl groups is 4. The number of rotatable bonds is 10. The normalized spacial score (nSPS) is 29.4. The van der Waals surface area contributed by atoms with Crippen LogP contribution < -0.4 is 4.74 Å². The number of nitrogens with zero attached hydrogens (tertiary/aromatic N) is 1. The molecule has 9 atom stereocenters. The Morgan fingerprint density at radius 2 is 1.74 bits per heavy atom. The van der Waals surface area contributed by atoms with E-state index in [4.69, 9.17) is 23.7 Å². The highest BCUT2D eigenvalue weighted by molar-refractivity contribution is 5.92. The van der Waals surface area contributed by atoms with E-state index < -0.39 is 79.1 Å². The molecule has 2 aromatic carbocycles. The van der Waals surface area contributed by atoms with Crippen LogP contribution in [-0.4, -0.2) is 117 Å². The minimum atomic E-state index is -1.74. The van der Waals surface area contributed by atoms with Gasteiger partial charge in [0.15, 0.2) is 29.3 Å². The molecule has 1 fully saturated rings. The second-order valence-corrected chi connectivity index (χ2v) is 12.2. The predicted molar refractivity (Wildman–Crippen MR) is 173 cm³/mol. The molecule has 0 unspecified atom stereocenters. The maximum absolute atomic E-state index is 13.9. The van der Waals surface area contributed by atoms with Crippen LogP contribution in [0.2, 0.25) is 0 Å². The van der Waals surface area contributed by atoms with E-state index >= 15 is 0 Å². The molecule has 0 radical (unpaired) electrons. The molecule has 50 heavy (non-hydrogen) atoms. The smallest absolute Gasteiger partial charge is 0.337 e. The van der Waals surface area contributed by atoms with E-state index in [1.807, 2.05) is 0 Å². The van der Waals surface area contributed by atoms with E-state index in [-0.39, 0.29) is 35.8 Å². The molecule has 15 heteroatoms. The van der Waals surface area contributed by atoms with Gasteiger partial charge in [-0.3, -0.25) is 4.79 Å². The number of phenolic OH excluding ortho intramolecular Hbond substituents is 3. The number of esters is 1. The predicted octanol–water partition coefficient (Wildman–Crippen LogP) is 0.989. The number of benzene rings is 2. The fourth-order valence-electron chi connectivity index (χ4n) is 6.57. The van der Waals surface area contributed by atoms with Gasteiger partial charge in [-0.2, -0.15) is 0 Å². The fraction of sp³-hybridized carbons (Fsp3) is 0.429. The van der Waals surface area contributed by atoms with Gasteiger partial charge in [0.1, 0.15) is 24.4 Å². The van der Waals surface area contributed by atoms with Crippen LogP contribution in [0.3, 0.4) is 0 Å². The Morgan fingerprint density at radius 1 is 1.00 bits per heavy atom. The van der Waals surface area contributed by atoms with Crippen molar-refractivity contribution in [1.82, 2.24) is 4.90 Å². The maximum atomic E-state index is 13.9. The average molecular weight is 700 g/mol. The summed E-state index contributed by atoms with van der Waals surface area (Å²) < 4.78 is 27.4. The molecule has 2 aromatic rings. The Bertz CT molecular complexity index is 1640. The molecule has 1 amide bonds. The van der Waals surface area contributed by atoms with Crippen LogP contribution >= 0.6 is 0 Å². The lowest BCUT2D eigenvalue weighted by Crippen LogP contribution is -2.60. The van der Waals surface area contributed by atoms with Gasteiger partial charge in [-0.25, -0.2) is 4.79 Å². The van der Waals surface area contributed by atoms with Crippen molar-refractivity contribution in [2.75, 3.05) is 27.4 Å². The van der Waals surface area contributed by atoms with E-state index in [0.717, 1.165) is 6.26 Å². The summed E-state index contributed by atoms with van der Waals surface area (Å²) in [4.78, 5) is 28.5. The Balaban J connectivity index is 1.50. The maximum Gasteiger partial charge on any atom is 0.337 e. The van der Waals surface area contributed by atoms with E-state index in [2.05, 4.69) is 6.58 Å². The summed E-state index contributed by atoms with van der Waals surface area (Å²) >= 11 is 0. The van der Waals surface area contributed by atoms with Gasteiger partial charge in [-0.05, 0) is 59.9 Å². The topological polar surface area (TPSA) is 225 Å². The fourth-order valence-corrected chi connectivity index (χ4v) is 6.57. The van der Waals surface area contributed by atoms with Gasteiger partial charge in [0.05, 0.1) is 38.7 Å². The van der Waals surface area contributed by atoms with Gasteiger partial charge in [0.2, 0.25) is 12.2 Å². The molecule has 0 saturated carbocycles. The number of methoxy groups -OCH3 is 2. The number of carbonyl (C=O) groups is 2. The van der Waals surface area contributed by atoms with Gasteiger partial charge >= 0.3 is 5.97 Å². The van der Waals surface area contributed by atoms with Crippen LogP contribution in [0.5, 0.6) is 23.0 Å². The van der Waals surface area contributed by atoms with Crippen LogP contribution in [-0.2, 0) is 35.0 Å². The largest absolute Gasteiger partial charge is 0.504 e. The Kier molecular flexibility index (Phi) is 11.4. The first-order valence-corrected chi connectivity index (χ1v) is 15.8. The van der Waals surface area contributed by atoms with Crippen molar-refractivity contribution in [2.24, 2.45) is 11.8 Å². The average Bonchev–Trinajstić information content (AvgIpc) is 3.11. The summed E-state index contributed by atoms with van der Waals surface area (Å²) in [6.45, 7) is 3.43. The lowest BCUT2D eigenvalue weighted by atomic mass is 9.76. The van der Waals surface area contributed by atoms with E-state index in [1.165, 1.54) is 44.6 Å². The monoisotopic (exact) mass is 699 g/mol. The van der Waals surface area contributed by atoms with Gasteiger partial charge in [0.25, 0.3) is 0 Å². The highest BCUT2D eigenvalue weighted by Gasteiger charge is 2.48. The van der Waals surface area contributed by atoms with E-state index in [9.17, 15) is 45.3 Å². The summed E-state index contributed by atoms with van der Waals surface area (Å²) in [5, 5.41) is 71.5. The highest BCUT2D eigenvalue weighted by atomic mass is 16.8. The minimum absolute atomic E-state index is 0.0271. The van der Waals surface area contributed by atoms with Crippen LogP contribution in [0, 0.1) is 11.8 Å². The molecule has 15 nitrogen and oxygen atoms in total. The highest BCUT2D eigenvalue weighted by Crippen LogP contribution is 2.45. The van der Waals surface area contributed by atoms with Gasteiger partial charge in [-0.1, -0.05) is 12.1 Å². The summed E-state index contributed by atoms with van der Waals surface area (Å²) in [5.74, 6) is -3.43. The van der Waals surface area contributed by atoms with Crippen LogP contribution in [0.4, 0.5) is 0 Å². The molecule has 0 aliphatic carbocycles. The first-order valence-electron chi connectivity index (χ1n) is 15.8. The zero-order valence-electron chi connectivity index (χ0n) is 27.4. The zero-order valence-corrected chi connectivity index (χ0v) is 27.4. The van der Waals surface area contributed by atoms with Crippen molar-refractivity contribution in [3.05, 3.63) is 77.6 Å². The summed E-state index contributed by atoms with van der Waals surface area (Å²) in [6.07, 6.45) is -3.31. The number of phenols is 3. The lowest BCUT2D eigenvalue weighted by Gasteiger charge is -2.44. The zero-order chi connectivity index (χ0) is 36.3. The van der Waals surface area contributed by atoms with Crippen LogP contribution in [0.15, 0.2) is 60.9 Å². The van der Waals surface area contributed by atoms with Gasteiger partial charge in [-0.15, -0.1) is 6.58 Å². The molecule has 3 aliphatic rings. The van der Waals surface area contributed by atoms with Crippen molar-refractivity contribution >= 4 is 18.0 Å². The van der Waals surface area contributed by atoms with E-state index in [1.54, 1.807) is 23.1 Å². The van der Waals surface area contributed by atoms with Crippen LogP contribution in [0.1, 0.15) is 29.2 Å². The second kappa shape index (κ2) is 15.5. The van der Waals surface area contributed by atoms with Crippen molar-refractivity contribution < 1.29 is 69.0 Å². The summed E-state index contributed by atoms with van der Waals surface area (Å²) in [5.41, 5.74) is 1.83. The number of carbonyl (C=O) groups excluding carboxylic acids is 2. The molecule has 0 spiro atoms.